The Bertz CT molecular complexity index is 1070. The van der Waals surface area contributed by atoms with E-state index in [0.717, 1.165) is 33.8 Å². The van der Waals surface area contributed by atoms with E-state index in [4.69, 9.17) is 0 Å². The molecule has 2 N–H and O–H groups in total. The fraction of sp³-hybridized carbons (Fsp3) is 0.211. The van der Waals surface area contributed by atoms with Crippen molar-refractivity contribution in [1.29, 1.82) is 0 Å². The normalized spacial score (nSPS) is 11.2. The van der Waals surface area contributed by atoms with Gasteiger partial charge in [-0.25, -0.2) is 4.98 Å². The molecule has 0 aliphatic rings. The second-order valence-corrected chi connectivity index (χ2v) is 7.37. The van der Waals surface area contributed by atoms with Crippen molar-refractivity contribution >= 4 is 34.1 Å². The highest BCUT2D eigenvalue weighted by Gasteiger charge is 2.14. The number of aromatic nitrogens is 4. The summed E-state index contributed by atoms with van der Waals surface area (Å²) >= 11 is 1.69. The van der Waals surface area contributed by atoms with Crippen molar-refractivity contribution in [3.8, 4) is 10.6 Å². The molecule has 1 amide bonds. The highest BCUT2D eigenvalue weighted by Crippen LogP contribution is 2.27. The van der Waals surface area contributed by atoms with Gasteiger partial charge >= 0.3 is 0 Å². The van der Waals surface area contributed by atoms with Crippen LogP contribution in [0.3, 0.4) is 0 Å². The Kier molecular flexibility index (Phi) is 4.30. The van der Waals surface area contributed by atoms with Crippen LogP contribution in [-0.4, -0.2) is 25.7 Å². The van der Waals surface area contributed by atoms with Crippen LogP contribution in [0.1, 0.15) is 17.6 Å². The monoisotopic (exact) mass is 365 g/mol. The Hall–Kier alpha value is -2.93. The summed E-state index contributed by atoms with van der Waals surface area (Å²) in [5.41, 5.74) is 2.78. The molecule has 6 nitrogen and oxygen atoms in total. The van der Waals surface area contributed by atoms with Crippen LogP contribution in [0.15, 0.2) is 42.5 Å². The summed E-state index contributed by atoms with van der Waals surface area (Å²) in [6.07, 6.45) is 0.770. The van der Waals surface area contributed by atoms with E-state index in [-0.39, 0.29) is 12.5 Å². The molecule has 0 unspecified atom stereocenters. The molecule has 7 heteroatoms. The van der Waals surface area contributed by atoms with Gasteiger partial charge in [0, 0.05) is 17.4 Å². The number of aryl methyl sites for hydroxylation is 2. The van der Waals surface area contributed by atoms with Gasteiger partial charge in [-0.1, -0.05) is 19.1 Å². The smallest absolute Gasteiger partial charge is 0.245 e. The number of nitrogens with one attached hydrogen (secondary N) is 2. The topological polar surface area (TPSA) is 75.6 Å². The highest BCUT2D eigenvalue weighted by atomic mass is 32.1. The average molecular weight is 365 g/mol. The molecule has 0 fully saturated rings. The fourth-order valence-corrected chi connectivity index (χ4v) is 3.82. The predicted octanol–water partition coefficient (Wildman–Crippen LogP) is 4.00. The molecular formula is C19H19N5OS. The lowest BCUT2D eigenvalue weighted by Gasteiger charge is -2.07. The summed E-state index contributed by atoms with van der Waals surface area (Å²) in [6.45, 7) is 4.32. The molecule has 0 aliphatic carbocycles. The number of imidazole rings is 1. The fourth-order valence-electron chi connectivity index (χ4n) is 2.99. The Morgan fingerprint density at radius 2 is 2.12 bits per heavy atom. The standard InChI is InChI=1S/C19H19N5OS/c1-3-18-20-13-6-4-5-7-15(13)24(18)11-19(25)21-17-10-14(22-23-17)16-9-8-12(2)26-16/h4-10H,3,11H2,1-2H3,(H2,21,22,23,25). The summed E-state index contributed by atoms with van der Waals surface area (Å²) < 4.78 is 1.96. The largest absolute Gasteiger partial charge is 0.318 e. The van der Waals surface area contributed by atoms with Gasteiger partial charge in [0.05, 0.1) is 21.6 Å². The average Bonchev–Trinajstić information content (AvgIpc) is 3.34. The molecule has 0 saturated heterocycles. The van der Waals surface area contributed by atoms with Crippen LogP contribution in [-0.2, 0) is 17.8 Å². The van der Waals surface area contributed by atoms with E-state index < -0.39 is 0 Å². The molecule has 4 rings (SSSR count). The number of carbonyl (C=O) groups excluding carboxylic acids is 1. The van der Waals surface area contributed by atoms with Gasteiger partial charge in [-0.15, -0.1) is 11.3 Å². The third-order valence-corrected chi connectivity index (χ3v) is 5.24. The number of anilines is 1. The van der Waals surface area contributed by atoms with E-state index in [1.807, 2.05) is 47.9 Å². The van der Waals surface area contributed by atoms with E-state index in [1.165, 1.54) is 4.88 Å². The quantitative estimate of drug-likeness (QED) is 0.561. The number of hydrogen-bond acceptors (Lipinski definition) is 4. The molecule has 26 heavy (non-hydrogen) atoms. The van der Waals surface area contributed by atoms with Gasteiger partial charge in [-0.05, 0) is 31.2 Å². The molecule has 1 aromatic carbocycles. The van der Waals surface area contributed by atoms with Crippen molar-refractivity contribution in [3.63, 3.8) is 0 Å². The van der Waals surface area contributed by atoms with Crippen LogP contribution in [0, 0.1) is 6.92 Å². The summed E-state index contributed by atoms with van der Waals surface area (Å²) in [6, 6.07) is 13.8. The van der Waals surface area contributed by atoms with Crippen LogP contribution in [0.4, 0.5) is 5.82 Å². The molecule has 0 atom stereocenters. The number of H-pyrrole nitrogens is 1. The summed E-state index contributed by atoms with van der Waals surface area (Å²) in [5, 5.41) is 10.0. The predicted molar refractivity (Wildman–Crippen MR) is 104 cm³/mol. The molecule has 3 heterocycles. The first-order chi connectivity index (χ1) is 12.6. The van der Waals surface area contributed by atoms with Gasteiger partial charge in [0.1, 0.15) is 12.4 Å². The van der Waals surface area contributed by atoms with E-state index in [2.05, 4.69) is 33.5 Å². The number of benzene rings is 1. The maximum Gasteiger partial charge on any atom is 0.245 e. The number of rotatable bonds is 5. The first kappa shape index (κ1) is 16.5. The van der Waals surface area contributed by atoms with Crippen LogP contribution in [0.25, 0.3) is 21.6 Å². The lowest BCUT2D eigenvalue weighted by molar-refractivity contribution is -0.116. The first-order valence-electron chi connectivity index (χ1n) is 8.50. The SMILES string of the molecule is CCc1nc2ccccc2n1CC(=O)Nc1cc(-c2ccc(C)s2)[nH]n1. The number of carbonyl (C=O) groups is 1. The Morgan fingerprint density at radius 1 is 1.27 bits per heavy atom. The summed E-state index contributed by atoms with van der Waals surface area (Å²) in [4.78, 5) is 19.5. The summed E-state index contributed by atoms with van der Waals surface area (Å²) in [5.74, 6) is 1.31. The van der Waals surface area contributed by atoms with Gasteiger partial charge in [0.2, 0.25) is 5.91 Å². The van der Waals surface area contributed by atoms with E-state index >= 15 is 0 Å². The van der Waals surface area contributed by atoms with Crippen LogP contribution < -0.4 is 5.32 Å². The first-order valence-corrected chi connectivity index (χ1v) is 9.32. The number of hydrogen-bond donors (Lipinski definition) is 2. The molecule has 0 radical (unpaired) electrons. The minimum absolute atomic E-state index is 0.122. The third kappa shape index (κ3) is 3.13. The maximum absolute atomic E-state index is 12.5. The minimum Gasteiger partial charge on any atom is -0.318 e. The van der Waals surface area contributed by atoms with E-state index in [1.54, 1.807) is 11.3 Å². The number of para-hydroxylation sites is 2. The lowest BCUT2D eigenvalue weighted by Crippen LogP contribution is -2.20. The van der Waals surface area contributed by atoms with E-state index in [0.29, 0.717) is 5.82 Å². The van der Waals surface area contributed by atoms with Crippen molar-refractivity contribution in [2.24, 2.45) is 0 Å². The molecule has 0 saturated carbocycles. The summed E-state index contributed by atoms with van der Waals surface area (Å²) in [7, 11) is 0. The zero-order valence-electron chi connectivity index (χ0n) is 14.6. The number of nitrogens with zero attached hydrogens (tertiary/aromatic N) is 3. The Balaban J connectivity index is 1.52. The van der Waals surface area contributed by atoms with Crippen LogP contribution in [0.2, 0.25) is 0 Å². The van der Waals surface area contributed by atoms with Crippen molar-refractivity contribution < 1.29 is 4.79 Å². The molecular weight excluding hydrogens is 346 g/mol. The van der Waals surface area contributed by atoms with Crippen molar-refractivity contribution in [3.05, 3.63) is 53.2 Å². The van der Waals surface area contributed by atoms with Crippen LogP contribution >= 0.6 is 11.3 Å². The lowest BCUT2D eigenvalue weighted by atomic mass is 10.3. The molecule has 0 aliphatic heterocycles. The second kappa shape index (κ2) is 6.76. The number of fused-ring (bicyclic) bond motifs is 1. The van der Waals surface area contributed by atoms with Crippen molar-refractivity contribution in [2.75, 3.05) is 5.32 Å². The molecule has 4 aromatic rings. The molecule has 0 spiro atoms. The molecule has 0 bridgehead atoms. The van der Waals surface area contributed by atoms with Crippen LogP contribution in [0.5, 0.6) is 0 Å². The maximum atomic E-state index is 12.5. The van der Waals surface area contributed by atoms with Gasteiger partial charge in [0.25, 0.3) is 0 Å². The van der Waals surface area contributed by atoms with Crippen molar-refractivity contribution in [2.45, 2.75) is 26.8 Å². The van der Waals surface area contributed by atoms with E-state index in [9.17, 15) is 4.79 Å². The third-order valence-electron chi connectivity index (χ3n) is 4.20. The van der Waals surface area contributed by atoms with Gasteiger partial charge in [0.15, 0.2) is 5.82 Å². The zero-order valence-corrected chi connectivity index (χ0v) is 15.4. The van der Waals surface area contributed by atoms with Gasteiger partial charge in [-0.3, -0.25) is 9.89 Å². The number of thiophene rings is 1. The second-order valence-electron chi connectivity index (χ2n) is 6.08. The number of aromatic amines is 1. The van der Waals surface area contributed by atoms with Crippen molar-refractivity contribution in [1.82, 2.24) is 19.7 Å². The van der Waals surface area contributed by atoms with Gasteiger partial charge < -0.3 is 9.88 Å². The Labute approximate surface area is 154 Å². The van der Waals surface area contributed by atoms with Gasteiger partial charge in [-0.2, -0.15) is 5.10 Å². The molecule has 3 aromatic heterocycles. The molecule has 132 valence electrons. The highest BCUT2D eigenvalue weighted by molar-refractivity contribution is 7.15. The number of amides is 1. The zero-order chi connectivity index (χ0) is 18.1. The minimum atomic E-state index is -0.122. The Morgan fingerprint density at radius 3 is 2.88 bits per heavy atom.